The van der Waals surface area contributed by atoms with Crippen molar-refractivity contribution in [2.75, 3.05) is 33.3 Å². The van der Waals surface area contributed by atoms with Crippen molar-refractivity contribution in [3.8, 4) is 0 Å². The summed E-state index contributed by atoms with van der Waals surface area (Å²) in [6, 6.07) is 0. The lowest BCUT2D eigenvalue weighted by Crippen LogP contribution is -2.36. The lowest BCUT2D eigenvalue weighted by Gasteiger charge is -2.20. The van der Waals surface area contributed by atoms with Gasteiger partial charge < -0.3 is 14.5 Å². The van der Waals surface area contributed by atoms with Crippen LogP contribution in [0.2, 0.25) is 0 Å². The minimum absolute atomic E-state index is 0.00690. The standard InChI is InChI=1S/C14H22N2O4/c1-4-15-7-10(5-12(15)17)13(18)16-6-9(2)11(8-16)14(19)20-3/h9-11H,4-8H2,1-3H3. The largest absolute Gasteiger partial charge is 0.469 e. The first-order valence-corrected chi connectivity index (χ1v) is 7.12. The van der Waals surface area contributed by atoms with Crippen LogP contribution < -0.4 is 0 Å². The number of methoxy groups -OCH3 is 1. The molecule has 0 aromatic heterocycles. The Balaban J connectivity index is 1.98. The molecule has 3 atom stereocenters. The third-order valence-corrected chi connectivity index (χ3v) is 4.37. The number of carbonyl (C=O) groups is 3. The van der Waals surface area contributed by atoms with Crippen molar-refractivity contribution in [2.45, 2.75) is 20.3 Å². The summed E-state index contributed by atoms with van der Waals surface area (Å²) in [5, 5.41) is 0. The number of carbonyl (C=O) groups excluding carboxylic acids is 3. The highest BCUT2D eigenvalue weighted by atomic mass is 16.5. The molecule has 0 aromatic carbocycles. The van der Waals surface area contributed by atoms with E-state index in [2.05, 4.69) is 0 Å². The van der Waals surface area contributed by atoms with Gasteiger partial charge in [0.1, 0.15) is 0 Å². The van der Waals surface area contributed by atoms with Gasteiger partial charge in [0.05, 0.1) is 18.9 Å². The van der Waals surface area contributed by atoms with Crippen LogP contribution >= 0.6 is 0 Å². The van der Waals surface area contributed by atoms with Crippen molar-refractivity contribution in [1.82, 2.24) is 9.80 Å². The first-order valence-electron chi connectivity index (χ1n) is 7.12. The van der Waals surface area contributed by atoms with Gasteiger partial charge in [0, 0.05) is 32.6 Å². The van der Waals surface area contributed by atoms with E-state index in [4.69, 9.17) is 4.74 Å². The van der Waals surface area contributed by atoms with Crippen molar-refractivity contribution in [3.05, 3.63) is 0 Å². The Hall–Kier alpha value is -1.59. The maximum Gasteiger partial charge on any atom is 0.310 e. The Morgan fingerprint density at radius 1 is 1.30 bits per heavy atom. The number of likely N-dealkylation sites (tertiary alicyclic amines) is 2. The average Bonchev–Trinajstić information content (AvgIpc) is 3.00. The second-order valence-electron chi connectivity index (χ2n) is 5.68. The van der Waals surface area contributed by atoms with Crippen LogP contribution in [0.5, 0.6) is 0 Å². The van der Waals surface area contributed by atoms with E-state index in [9.17, 15) is 14.4 Å². The van der Waals surface area contributed by atoms with Crippen LogP contribution in [0.1, 0.15) is 20.3 Å². The van der Waals surface area contributed by atoms with E-state index in [1.54, 1.807) is 9.80 Å². The molecule has 0 saturated carbocycles. The van der Waals surface area contributed by atoms with Gasteiger partial charge in [0.2, 0.25) is 11.8 Å². The van der Waals surface area contributed by atoms with Crippen LogP contribution in [0.4, 0.5) is 0 Å². The predicted molar refractivity (Wildman–Crippen MR) is 71.6 cm³/mol. The molecule has 6 nitrogen and oxygen atoms in total. The summed E-state index contributed by atoms with van der Waals surface area (Å²) in [7, 11) is 1.37. The van der Waals surface area contributed by atoms with Gasteiger partial charge in [-0.1, -0.05) is 6.92 Å². The molecule has 2 heterocycles. The Morgan fingerprint density at radius 3 is 2.55 bits per heavy atom. The van der Waals surface area contributed by atoms with Gasteiger partial charge in [-0.15, -0.1) is 0 Å². The fourth-order valence-corrected chi connectivity index (χ4v) is 3.11. The Morgan fingerprint density at radius 2 is 2.00 bits per heavy atom. The molecule has 112 valence electrons. The molecule has 0 bridgehead atoms. The molecular formula is C14H22N2O4. The first-order chi connectivity index (χ1) is 9.47. The summed E-state index contributed by atoms with van der Waals surface area (Å²) in [5.41, 5.74) is 0. The van der Waals surface area contributed by atoms with Crippen LogP contribution in [0, 0.1) is 17.8 Å². The van der Waals surface area contributed by atoms with E-state index in [1.807, 2.05) is 13.8 Å². The molecule has 0 aromatic rings. The average molecular weight is 282 g/mol. The molecular weight excluding hydrogens is 260 g/mol. The zero-order valence-electron chi connectivity index (χ0n) is 12.3. The fraction of sp³-hybridized carbons (Fsp3) is 0.786. The Bertz CT molecular complexity index is 423. The molecule has 2 amide bonds. The second-order valence-corrected chi connectivity index (χ2v) is 5.68. The zero-order valence-corrected chi connectivity index (χ0v) is 12.3. The number of rotatable bonds is 3. The zero-order chi connectivity index (χ0) is 14.9. The van der Waals surface area contributed by atoms with E-state index >= 15 is 0 Å². The number of hydrogen-bond acceptors (Lipinski definition) is 4. The lowest BCUT2D eigenvalue weighted by molar-refractivity contribution is -0.146. The number of hydrogen-bond donors (Lipinski definition) is 0. The normalized spacial score (nSPS) is 29.9. The first kappa shape index (κ1) is 14.8. The molecule has 0 N–H and O–H groups in total. The maximum absolute atomic E-state index is 12.5. The van der Waals surface area contributed by atoms with Crippen molar-refractivity contribution in [3.63, 3.8) is 0 Å². The number of ether oxygens (including phenoxy) is 1. The van der Waals surface area contributed by atoms with Gasteiger partial charge in [-0.2, -0.15) is 0 Å². The SMILES string of the molecule is CCN1CC(C(=O)N2CC(C)C(C(=O)OC)C2)CC1=O. The molecule has 0 aliphatic carbocycles. The molecule has 6 heteroatoms. The van der Waals surface area contributed by atoms with Crippen molar-refractivity contribution >= 4 is 17.8 Å². The van der Waals surface area contributed by atoms with Gasteiger partial charge in [-0.25, -0.2) is 0 Å². The summed E-state index contributed by atoms with van der Waals surface area (Å²) in [5.74, 6) is -0.624. The number of amides is 2. The third kappa shape index (κ3) is 2.64. The molecule has 3 unspecified atom stereocenters. The van der Waals surface area contributed by atoms with E-state index < -0.39 is 0 Å². The molecule has 0 radical (unpaired) electrons. The molecule has 2 rings (SSSR count). The van der Waals surface area contributed by atoms with Crippen LogP contribution in [-0.4, -0.2) is 60.9 Å². The van der Waals surface area contributed by atoms with Crippen molar-refractivity contribution in [2.24, 2.45) is 17.8 Å². The van der Waals surface area contributed by atoms with E-state index in [0.29, 0.717) is 32.6 Å². The summed E-state index contributed by atoms with van der Waals surface area (Å²) >= 11 is 0. The molecule has 2 saturated heterocycles. The number of esters is 1. The van der Waals surface area contributed by atoms with Gasteiger partial charge in [-0.05, 0) is 12.8 Å². The van der Waals surface area contributed by atoms with Gasteiger partial charge in [0.25, 0.3) is 0 Å². The van der Waals surface area contributed by atoms with Crippen LogP contribution in [-0.2, 0) is 19.1 Å². The van der Waals surface area contributed by atoms with Crippen LogP contribution in [0.15, 0.2) is 0 Å². The lowest BCUT2D eigenvalue weighted by atomic mass is 9.99. The fourth-order valence-electron chi connectivity index (χ4n) is 3.11. The van der Waals surface area contributed by atoms with Crippen LogP contribution in [0.25, 0.3) is 0 Å². The Kier molecular flexibility index (Phi) is 4.30. The minimum Gasteiger partial charge on any atom is -0.469 e. The highest BCUT2D eigenvalue weighted by molar-refractivity contribution is 5.89. The van der Waals surface area contributed by atoms with Crippen molar-refractivity contribution in [1.29, 1.82) is 0 Å². The van der Waals surface area contributed by atoms with Gasteiger partial charge >= 0.3 is 5.97 Å². The maximum atomic E-state index is 12.5. The van der Waals surface area contributed by atoms with Gasteiger partial charge in [-0.3, -0.25) is 14.4 Å². The monoisotopic (exact) mass is 282 g/mol. The Labute approximate surface area is 119 Å². The van der Waals surface area contributed by atoms with E-state index in [-0.39, 0.29) is 35.5 Å². The van der Waals surface area contributed by atoms with E-state index in [1.165, 1.54) is 7.11 Å². The molecule has 0 spiro atoms. The minimum atomic E-state index is -0.259. The highest BCUT2D eigenvalue weighted by Gasteiger charge is 2.42. The molecule has 20 heavy (non-hydrogen) atoms. The van der Waals surface area contributed by atoms with Gasteiger partial charge in [0.15, 0.2) is 0 Å². The summed E-state index contributed by atoms with van der Waals surface area (Å²) in [6.07, 6.45) is 0.292. The molecule has 2 aliphatic rings. The topological polar surface area (TPSA) is 66.9 Å². The van der Waals surface area contributed by atoms with E-state index in [0.717, 1.165) is 0 Å². The third-order valence-electron chi connectivity index (χ3n) is 4.37. The quantitative estimate of drug-likeness (QED) is 0.690. The van der Waals surface area contributed by atoms with Crippen LogP contribution in [0.3, 0.4) is 0 Å². The smallest absolute Gasteiger partial charge is 0.310 e. The second kappa shape index (κ2) is 5.81. The molecule has 2 aliphatic heterocycles. The number of nitrogens with zero attached hydrogens (tertiary/aromatic N) is 2. The highest BCUT2D eigenvalue weighted by Crippen LogP contribution is 2.28. The summed E-state index contributed by atoms with van der Waals surface area (Å²) < 4.78 is 4.77. The summed E-state index contributed by atoms with van der Waals surface area (Å²) in [6.45, 7) is 5.98. The predicted octanol–water partition coefficient (Wildman–Crippen LogP) is 0.122. The molecule has 2 fully saturated rings. The van der Waals surface area contributed by atoms with Crippen molar-refractivity contribution < 1.29 is 19.1 Å². The summed E-state index contributed by atoms with van der Waals surface area (Å²) in [4.78, 5) is 39.2.